The molecule has 0 saturated carbocycles. The lowest BCUT2D eigenvalue weighted by molar-refractivity contribution is -1.00. The molecule has 1 amide bonds. The molecule has 2 rings (SSSR count). The van der Waals surface area contributed by atoms with Crippen LogP contribution in [0.25, 0.3) is 0 Å². The van der Waals surface area contributed by atoms with E-state index in [0.29, 0.717) is 17.7 Å². The zero-order valence-electron chi connectivity index (χ0n) is 13.3. The van der Waals surface area contributed by atoms with E-state index in [1.165, 1.54) is 25.1 Å². The molecule has 0 unspecified atom stereocenters. The fourth-order valence-corrected chi connectivity index (χ4v) is 2.60. The second-order valence-corrected chi connectivity index (χ2v) is 5.82. The Labute approximate surface area is 131 Å². The molecule has 1 heterocycles. The van der Waals surface area contributed by atoms with Crippen LogP contribution in [-0.4, -0.2) is 58.8 Å². The number of piperazine rings is 1. The standard InChI is InChI=1S/C16H23N3O3/c1-18-9-11-19(12-10-18)8-7-15(20)17-14-5-3-13(4-6-14)16(21)22-2/h3-6H,7-12H2,1-2H3,(H,17,20)/p+2. The number of amides is 1. The summed E-state index contributed by atoms with van der Waals surface area (Å²) in [6.07, 6.45) is 0.521. The topological polar surface area (TPSA) is 64.3 Å². The van der Waals surface area contributed by atoms with E-state index in [1.807, 2.05) is 0 Å². The monoisotopic (exact) mass is 307 g/mol. The number of nitrogens with one attached hydrogen (secondary N) is 3. The maximum Gasteiger partial charge on any atom is 0.337 e. The minimum Gasteiger partial charge on any atom is -0.465 e. The van der Waals surface area contributed by atoms with Crippen LogP contribution in [0.1, 0.15) is 16.8 Å². The first-order valence-corrected chi connectivity index (χ1v) is 7.71. The van der Waals surface area contributed by atoms with Crippen molar-refractivity contribution in [1.29, 1.82) is 0 Å². The minimum absolute atomic E-state index is 0.0181. The van der Waals surface area contributed by atoms with Crippen molar-refractivity contribution < 1.29 is 24.1 Å². The number of benzene rings is 1. The zero-order chi connectivity index (χ0) is 15.9. The first-order chi connectivity index (χ1) is 10.6. The van der Waals surface area contributed by atoms with Gasteiger partial charge in [0, 0.05) is 5.69 Å². The highest BCUT2D eigenvalue weighted by atomic mass is 16.5. The van der Waals surface area contributed by atoms with Crippen molar-refractivity contribution in [1.82, 2.24) is 0 Å². The van der Waals surface area contributed by atoms with Crippen molar-refractivity contribution in [3.63, 3.8) is 0 Å². The Hall–Kier alpha value is -1.92. The number of esters is 1. The van der Waals surface area contributed by atoms with Crippen LogP contribution < -0.4 is 15.1 Å². The second-order valence-electron chi connectivity index (χ2n) is 5.82. The van der Waals surface area contributed by atoms with Gasteiger partial charge in [0.05, 0.1) is 32.7 Å². The van der Waals surface area contributed by atoms with Gasteiger partial charge in [-0.25, -0.2) is 4.79 Å². The molecule has 0 aromatic heterocycles. The fourth-order valence-electron chi connectivity index (χ4n) is 2.60. The number of hydrogen-bond donors (Lipinski definition) is 3. The van der Waals surface area contributed by atoms with Gasteiger partial charge in [-0.05, 0) is 24.3 Å². The highest BCUT2D eigenvalue weighted by Gasteiger charge is 2.20. The third-order valence-electron chi connectivity index (χ3n) is 4.11. The van der Waals surface area contributed by atoms with Crippen molar-refractivity contribution in [2.24, 2.45) is 0 Å². The van der Waals surface area contributed by atoms with Gasteiger partial charge in [-0.2, -0.15) is 0 Å². The molecule has 0 aliphatic carbocycles. The number of carbonyl (C=O) groups is 2. The summed E-state index contributed by atoms with van der Waals surface area (Å²) in [4.78, 5) is 26.4. The van der Waals surface area contributed by atoms with E-state index in [9.17, 15) is 9.59 Å². The van der Waals surface area contributed by atoms with E-state index in [4.69, 9.17) is 0 Å². The van der Waals surface area contributed by atoms with Gasteiger partial charge in [0.25, 0.3) is 0 Å². The number of likely N-dealkylation sites (N-methyl/N-ethyl adjacent to an activating group) is 1. The Morgan fingerprint density at radius 2 is 1.77 bits per heavy atom. The Morgan fingerprint density at radius 1 is 1.14 bits per heavy atom. The van der Waals surface area contributed by atoms with Crippen molar-refractivity contribution >= 4 is 17.6 Å². The molecule has 3 N–H and O–H groups in total. The summed E-state index contributed by atoms with van der Waals surface area (Å²) >= 11 is 0. The predicted molar refractivity (Wildman–Crippen MR) is 83.2 cm³/mol. The molecule has 0 radical (unpaired) electrons. The maximum absolute atomic E-state index is 12.0. The molecule has 0 bridgehead atoms. The van der Waals surface area contributed by atoms with Crippen LogP contribution >= 0.6 is 0 Å². The number of methoxy groups -OCH3 is 1. The predicted octanol–water partition coefficient (Wildman–Crippen LogP) is -1.78. The molecule has 22 heavy (non-hydrogen) atoms. The van der Waals surface area contributed by atoms with Crippen LogP contribution in [0.3, 0.4) is 0 Å². The summed E-state index contributed by atoms with van der Waals surface area (Å²) in [5.41, 5.74) is 1.18. The number of anilines is 1. The average molecular weight is 307 g/mol. The van der Waals surface area contributed by atoms with E-state index in [-0.39, 0.29) is 11.9 Å². The molecule has 1 aromatic carbocycles. The lowest BCUT2D eigenvalue weighted by atomic mass is 10.2. The number of quaternary nitrogens is 2. The van der Waals surface area contributed by atoms with Crippen molar-refractivity contribution in [2.75, 3.05) is 52.2 Å². The summed E-state index contributed by atoms with van der Waals surface area (Å²) in [5.74, 6) is -0.358. The molecule has 1 aromatic rings. The molecule has 0 spiro atoms. The van der Waals surface area contributed by atoms with E-state index in [0.717, 1.165) is 19.6 Å². The molecule has 6 nitrogen and oxygen atoms in total. The largest absolute Gasteiger partial charge is 0.465 e. The van der Waals surface area contributed by atoms with Crippen LogP contribution in [0.2, 0.25) is 0 Å². The fraction of sp³-hybridized carbons (Fsp3) is 0.500. The van der Waals surface area contributed by atoms with Crippen LogP contribution in [0, 0.1) is 0 Å². The molecule has 0 atom stereocenters. The van der Waals surface area contributed by atoms with Crippen LogP contribution in [-0.2, 0) is 9.53 Å². The third kappa shape index (κ3) is 4.82. The Kier molecular flexibility index (Phi) is 5.91. The van der Waals surface area contributed by atoms with E-state index < -0.39 is 0 Å². The third-order valence-corrected chi connectivity index (χ3v) is 4.11. The van der Waals surface area contributed by atoms with Gasteiger partial charge >= 0.3 is 5.97 Å². The minimum atomic E-state index is -0.376. The lowest BCUT2D eigenvalue weighted by Gasteiger charge is -2.27. The van der Waals surface area contributed by atoms with E-state index in [2.05, 4.69) is 17.1 Å². The SMILES string of the molecule is COC(=O)c1ccc(NC(=O)CC[NH+]2CC[NH+](C)CC2)cc1. The summed E-state index contributed by atoms with van der Waals surface area (Å²) < 4.78 is 4.64. The Balaban J connectivity index is 1.76. The summed E-state index contributed by atoms with van der Waals surface area (Å²) in [7, 11) is 3.56. The van der Waals surface area contributed by atoms with Crippen molar-refractivity contribution in [3.05, 3.63) is 29.8 Å². The van der Waals surface area contributed by atoms with Gasteiger partial charge in [-0.1, -0.05) is 0 Å². The van der Waals surface area contributed by atoms with E-state index >= 15 is 0 Å². The molecular weight excluding hydrogens is 282 g/mol. The number of ether oxygens (including phenoxy) is 1. The number of rotatable bonds is 5. The molecule has 1 aliphatic rings. The van der Waals surface area contributed by atoms with Crippen molar-refractivity contribution in [3.8, 4) is 0 Å². The van der Waals surface area contributed by atoms with Gasteiger partial charge in [-0.3, -0.25) is 4.79 Å². The van der Waals surface area contributed by atoms with Gasteiger partial charge < -0.3 is 19.9 Å². The van der Waals surface area contributed by atoms with Gasteiger partial charge in [0.15, 0.2) is 0 Å². The smallest absolute Gasteiger partial charge is 0.337 e. The van der Waals surface area contributed by atoms with Crippen LogP contribution in [0.4, 0.5) is 5.69 Å². The Morgan fingerprint density at radius 3 is 2.36 bits per heavy atom. The van der Waals surface area contributed by atoms with Gasteiger partial charge in [0.2, 0.25) is 5.91 Å². The highest BCUT2D eigenvalue weighted by Crippen LogP contribution is 2.10. The normalized spacial score (nSPS) is 21.2. The quantitative estimate of drug-likeness (QED) is 0.563. The molecule has 1 aliphatic heterocycles. The zero-order valence-corrected chi connectivity index (χ0v) is 13.3. The maximum atomic E-state index is 12.0. The first-order valence-electron chi connectivity index (χ1n) is 7.71. The number of carbonyl (C=O) groups excluding carboxylic acids is 2. The summed E-state index contributed by atoms with van der Waals surface area (Å²) in [6.45, 7) is 5.48. The molecule has 120 valence electrons. The molecule has 1 saturated heterocycles. The van der Waals surface area contributed by atoms with E-state index in [1.54, 1.807) is 29.2 Å². The first kappa shape index (κ1) is 16.5. The number of hydrogen-bond acceptors (Lipinski definition) is 3. The highest BCUT2D eigenvalue weighted by molar-refractivity contribution is 5.93. The average Bonchev–Trinajstić information content (AvgIpc) is 2.54. The molecule has 6 heteroatoms. The Bertz CT molecular complexity index is 508. The van der Waals surface area contributed by atoms with Crippen LogP contribution in [0.15, 0.2) is 24.3 Å². The van der Waals surface area contributed by atoms with Crippen LogP contribution in [0.5, 0.6) is 0 Å². The van der Waals surface area contributed by atoms with Gasteiger partial charge in [-0.15, -0.1) is 0 Å². The molecular formula is C16H25N3O3+2. The summed E-state index contributed by atoms with van der Waals surface area (Å²) in [5, 5.41) is 2.86. The van der Waals surface area contributed by atoms with Gasteiger partial charge in [0.1, 0.15) is 26.2 Å². The second kappa shape index (κ2) is 7.91. The summed E-state index contributed by atoms with van der Waals surface area (Å²) in [6, 6.07) is 6.73. The van der Waals surface area contributed by atoms with Crippen molar-refractivity contribution in [2.45, 2.75) is 6.42 Å². The lowest BCUT2D eigenvalue weighted by Crippen LogP contribution is -3.27. The molecule has 1 fully saturated rings.